The van der Waals surface area contributed by atoms with Crippen LogP contribution in [0.2, 0.25) is 0 Å². The van der Waals surface area contributed by atoms with Crippen molar-refractivity contribution in [1.29, 1.82) is 0 Å². The molecule has 1 fully saturated rings. The van der Waals surface area contributed by atoms with E-state index in [-0.39, 0.29) is 0 Å². The maximum atomic E-state index is 5.83. The molecule has 1 saturated heterocycles. The number of anilines is 1. The lowest BCUT2D eigenvalue weighted by atomic mass is 10.0. The Bertz CT molecular complexity index is 790. The number of rotatable bonds is 2. The highest BCUT2D eigenvalue weighted by Gasteiger charge is 2.31. The molecule has 0 saturated carbocycles. The zero-order valence-corrected chi connectivity index (χ0v) is 13.8. The Morgan fingerprint density at radius 2 is 1.71 bits per heavy atom. The fourth-order valence-corrected chi connectivity index (χ4v) is 4.26. The minimum Gasteiger partial charge on any atom is -0.471 e. The van der Waals surface area contributed by atoms with E-state index in [9.17, 15) is 0 Å². The van der Waals surface area contributed by atoms with E-state index in [1.807, 2.05) is 0 Å². The Morgan fingerprint density at radius 1 is 0.917 bits per heavy atom. The zero-order chi connectivity index (χ0) is 15.9. The molecule has 0 unspecified atom stereocenters. The summed E-state index contributed by atoms with van der Waals surface area (Å²) in [6.45, 7) is 2.99. The van der Waals surface area contributed by atoms with Crippen molar-refractivity contribution < 1.29 is 4.74 Å². The third-order valence-electron chi connectivity index (χ3n) is 5.59. The number of hydrogen-bond acceptors (Lipinski definition) is 3. The van der Waals surface area contributed by atoms with Crippen LogP contribution in [0.3, 0.4) is 0 Å². The Hall–Kier alpha value is -2.42. The average Bonchev–Trinajstić information content (AvgIpc) is 3.26. The van der Waals surface area contributed by atoms with Gasteiger partial charge in [-0.2, -0.15) is 0 Å². The molecule has 3 nitrogen and oxygen atoms in total. The van der Waals surface area contributed by atoms with Crippen molar-refractivity contribution in [2.24, 2.45) is 0 Å². The monoisotopic (exact) mass is 318 g/mol. The predicted octanol–water partition coefficient (Wildman–Crippen LogP) is 3.90. The van der Waals surface area contributed by atoms with E-state index in [0.29, 0.717) is 12.8 Å². The maximum Gasteiger partial charge on any atom is 0.161 e. The van der Waals surface area contributed by atoms with Crippen molar-refractivity contribution in [3.05, 3.63) is 65.4 Å². The molecule has 0 amide bonds. The van der Waals surface area contributed by atoms with Crippen LogP contribution < -0.4 is 9.64 Å². The van der Waals surface area contributed by atoms with E-state index in [4.69, 9.17) is 4.74 Å². The van der Waals surface area contributed by atoms with Crippen molar-refractivity contribution in [2.75, 3.05) is 24.7 Å². The van der Waals surface area contributed by atoms with E-state index >= 15 is 0 Å². The average molecular weight is 318 g/mol. The molecule has 0 aromatic heterocycles. The first-order chi connectivity index (χ1) is 11.9. The fraction of sp³-hybridized carbons (Fsp3) is 0.333. The standard InChI is InChI=1S/C21H22N2O/c1-2-6-17-14-19(13-16(17)5-1)22-11-9-18(10-12-22)23-15-24-21-8-4-3-7-20(21)23/h1-8,13,18H,9-12,14-15H2. The molecule has 5 rings (SSSR count). The molecule has 2 heterocycles. The number of para-hydroxylation sites is 2. The summed E-state index contributed by atoms with van der Waals surface area (Å²) in [6, 6.07) is 17.8. The summed E-state index contributed by atoms with van der Waals surface area (Å²) in [4.78, 5) is 5.03. The van der Waals surface area contributed by atoms with E-state index in [1.165, 1.54) is 35.4 Å². The van der Waals surface area contributed by atoms with Gasteiger partial charge in [0.1, 0.15) is 5.75 Å². The number of allylic oxidation sites excluding steroid dienone is 1. The van der Waals surface area contributed by atoms with Crippen LogP contribution in [0.4, 0.5) is 5.69 Å². The molecular formula is C21H22N2O. The van der Waals surface area contributed by atoms with Crippen LogP contribution in [0, 0.1) is 0 Å². The number of likely N-dealkylation sites (tertiary alicyclic amines) is 1. The van der Waals surface area contributed by atoms with E-state index in [1.54, 1.807) is 0 Å². The molecule has 3 heteroatoms. The van der Waals surface area contributed by atoms with Gasteiger partial charge in [-0.3, -0.25) is 0 Å². The molecule has 0 radical (unpaired) electrons. The van der Waals surface area contributed by atoms with Crippen LogP contribution in [-0.4, -0.2) is 30.8 Å². The Morgan fingerprint density at radius 3 is 2.58 bits per heavy atom. The SMILES string of the molecule is C1=C(N2CCC(N3COc4ccccc43)CC2)Cc2ccccc21. The summed E-state index contributed by atoms with van der Waals surface area (Å²) in [6.07, 6.45) is 5.87. The van der Waals surface area contributed by atoms with Crippen molar-refractivity contribution in [2.45, 2.75) is 25.3 Å². The highest BCUT2D eigenvalue weighted by Crippen LogP contribution is 2.37. The van der Waals surface area contributed by atoms with Gasteiger partial charge in [0.05, 0.1) is 5.69 Å². The van der Waals surface area contributed by atoms with Gasteiger partial charge in [-0.15, -0.1) is 0 Å². The number of piperidine rings is 1. The highest BCUT2D eigenvalue weighted by molar-refractivity contribution is 5.63. The molecule has 24 heavy (non-hydrogen) atoms. The first-order valence-corrected chi connectivity index (χ1v) is 8.90. The third-order valence-corrected chi connectivity index (χ3v) is 5.59. The number of ether oxygens (including phenoxy) is 1. The summed E-state index contributed by atoms with van der Waals surface area (Å²) in [5.74, 6) is 1.04. The van der Waals surface area contributed by atoms with Gasteiger partial charge < -0.3 is 14.5 Å². The molecule has 1 aliphatic carbocycles. The molecular weight excluding hydrogens is 296 g/mol. The molecule has 0 atom stereocenters. The van der Waals surface area contributed by atoms with E-state index in [2.05, 4.69) is 64.4 Å². The Labute approximate surface area is 143 Å². The van der Waals surface area contributed by atoms with Gasteiger partial charge in [-0.05, 0) is 42.2 Å². The van der Waals surface area contributed by atoms with E-state index < -0.39 is 0 Å². The van der Waals surface area contributed by atoms with Crippen LogP contribution in [0.15, 0.2) is 54.2 Å². The van der Waals surface area contributed by atoms with Crippen molar-refractivity contribution in [1.82, 2.24) is 4.90 Å². The lowest BCUT2D eigenvalue weighted by Crippen LogP contribution is -2.44. The topological polar surface area (TPSA) is 15.7 Å². The molecule has 0 spiro atoms. The largest absolute Gasteiger partial charge is 0.471 e. The molecule has 0 N–H and O–H groups in total. The summed E-state index contributed by atoms with van der Waals surface area (Å²) in [5, 5.41) is 0. The van der Waals surface area contributed by atoms with Crippen LogP contribution in [0.25, 0.3) is 6.08 Å². The molecule has 0 bridgehead atoms. The molecule has 122 valence electrons. The summed E-state index contributed by atoms with van der Waals surface area (Å²) >= 11 is 0. The second-order valence-electron chi connectivity index (χ2n) is 6.94. The minimum atomic E-state index is 0.592. The van der Waals surface area contributed by atoms with Crippen LogP contribution in [0.5, 0.6) is 5.75 Å². The summed E-state index contributed by atoms with van der Waals surface area (Å²) in [5.41, 5.74) is 5.63. The second-order valence-corrected chi connectivity index (χ2v) is 6.94. The normalized spacial score (nSPS) is 19.8. The highest BCUT2D eigenvalue weighted by atomic mass is 16.5. The van der Waals surface area contributed by atoms with Crippen LogP contribution in [0.1, 0.15) is 24.0 Å². The van der Waals surface area contributed by atoms with Gasteiger partial charge in [0.2, 0.25) is 0 Å². The minimum absolute atomic E-state index is 0.592. The van der Waals surface area contributed by atoms with Gasteiger partial charge >= 0.3 is 0 Å². The van der Waals surface area contributed by atoms with E-state index in [0.717, 1.165) is 25.3 Å². The Kier molecular flexibility index (Phi) is 3.25. The lowest BCUT2D eigenvalue weighted by molar-refractivity contribution is 0.241. The molecule has 2 aliphatic heterocycles. The zero-order valence-electron chi connectivity index (χ0n) is 13.8. The second kappa shape index (κ2) is 5.59. The van der Waals surface area contributed by atoms with Crippen molar-refractivity contribution >= 4 is 11.8 Å². The maximum absolute atomic E-state index is 5.83. The smallest absolute Gasteiger partial charge is 0.161 e. The van der Waals surface area contributed by atoms with Crippen LogP contribution in [-0.2, 0) is 6.42 Å². The number of fused-ring (bicyclic) bond motifs is 2. The van der Waals surface area contributed by atoms with Gasteiger partial charge in [-0.1, -0.05) is 36.4 Å². The fourth-order valence-electron chi connectivity index (χ4n) is 4.26. The van der Waals surface area contributed by atoms with Gasteiger partial charge in [0.15, 0.2) is 6.73 Å². The first-order valence-electron chi connectivity index (χ1n) is 8.90. The Balaban J connectivity index is 1.26. The summed E-state index contributed by atoms with van der Waals surface area (Å²) in [7, 11) is 0. The summed E-state index contributed by atoms with van der Waals surface area (Å²) < 4.78 is 5.83. The van der Waals surface area contributed by atoms with Gasteiger partial charge in [0.25, 0.3) is 0 Å². The number of hydrogen-bond donors (Lipinski definition) is 0. The predicted molar refractivity (Wildman–Crippen MR) is 97.1 cm³/mol. The first kappa shape index (κ1) is 14.0. The number of benzene rings is 2. The number of nitrogens with zero attached hydrogens (tertiary/aromatic N) is 2. The van der Waals surface area contributed by atoms with Gasteiger partial charge in [-0.25, -0.2) is 0 Å². The van der Waals surface area contributed by atoms with Gasteiger partial charge in [0, 0.05) is 31.2 Å². The molecule has 2 aromatic rings. The molecule has 2 aromatic carbocycles. The lowest BCUT2D eigenvalue weighted by Gasteiger charge is -2.38. The van der Waals surface area contributed by atoms with Crippen molar-refractivity contribution in [3.63, 3.8) is 0 Å². The quantitative estimate of drug-likeness (QED) is 0.835. The van der Waals surface area contributed by atoms with Crippen molar-refractivity contribution in [3.8, 4) is 5.75 Å². The van der Waals surface area contributed by atoms with Crippen LogP contribution >= 0.6 is 0 Å². The third kappa shape index (κ3) is 2.27. The molecule has 3 aliphatic rings.